The van der Waals surface area contributed by atoms with Crippen LogP contribution in [0.3, 0.4) is 0 Å². The zero-order valence-electron chi connectivity index (χ0n) is 17.2. The van der Waals surface area contributed by atoms with Crippen LogP contribution in [0.2, 0.25) is 5.02 Å². The molecule has 0 saturated heterocycles. The van der Waals surface area contributed by atoms with Gasteiger partial charge in [-0.15, -0.1) is 11.6 Å². The Balaban J connectivity index is 0. The van der Waals surface area contributed by atoms with E-state index in [1.807, 2.05) is 39.8 Å². The molecule has 0 spiro atoms. The van der Waals surface area contributed by atoms with Crippen molar-refractivity contribution in [2.24, 2.45) is 5.92 Å². The highest BCUT2D eigenvalue weighted by Crippen LogP contribution is 2.26. The van der Waals surface area contributed by atoms with Gasteiger partial charge in [-0.2, -0.15) is 0 Å². The molecule has 0 aliphatic carbocycles. The van der Waals surface area contributed by atoms with Gasteiger partial charge in [0.15, 0.2) is 0 Å². The third-order valence-corrected chi connectivity index (χ3v) is 4.53. The quantitative estimate of drug-likeness (QED) is 0.440. The van der Waals surface area contributed by atoms with Crippen LogP contribution in [0, 0.1) is 12.8 Å². The van der Waals surface area contributed by atoms with Gasteiger partial charge in [-0.05, 0) is 43.9 Å². The summed E-state index contributed by atoms with van der Waals surface area (Å²) in [5.74, 6) is 0.455. The Bertz CT molecular complexity index is 457. The molecule has 0 aliphatic rings. The van der Waals surface area contributed by atoms with Gasteiger partial charge < -0.3 is 4.90 Å². The van der Waals surface area contributed by atoms with E-state index in [9.17, 15) is 4.79 Å². The molecule has 0 radical (unpaired) electrons. The van der Waals surface area contributed by atoms with Crippen molar-refractivity contribution in [1.82, 2.24) is 0 Å². The molecule has 0 aromatic heterocycles. The number of hydrogen-bond donors (Lipinski definition) is 0. The van der Waals surface area contributed by atoms with E-state index in [0.29, 0.717) is 0 Å². The maximum absolute atomic E-state index is 10.6. The van der Waals surface area contributed by atoms with E-state index in [1.54, 1.807) is 0 Å². The first-order valence-electron chi connectivity index (χ1n) is 9.51. The van der Waals surface area contributed by atoms with Crippen LogP contribution in [0.5, 0.6) is 0 Å². The smallest absolute Gasteiger partial charge is 0.150 e. The number of ketones is 1. The Hall–Kier alpha value is -0.730. The zero-order valence-corrected chi connectivity index (χ0v) is 18.7. The summed E-state index contributed by atoms with van der Waals surface area (Å²) in [6.45, 7) is 16.6. The Morgan fingerprint density at radius 1 is 1.12 bits per heavy atom. The average Bonchev–Trinajstić information content (AvgIpc) is 2.64. The molecule has 0 amide bonds. The molecule has 1 rings (SSSR count). The number of alkyl halides is 1. The Labute approximate surface area is 165 Å². The molecular weight excluding hydrogens is 353 g/mol. The number of anilines is 1. The number of halogens is 2. The summed E-state index contributed by atoms with van der Waals surface area (Å²) in [5.41, 5.74) is 2.48. The molecule has 25 heavy (non-hydrogen) atoms. The molecule has 1 aromatic rings. The van der Waals surface area contributed by atoms with Crippen LogP contribution >= 0.6 is 23.2 Å². The Morgan fingerprint density at radius 3 is 2.00 bits per heavy atom. The predicted octanol–water partition coefficient (Wildman–Crippen LogP) is 7.14. The lowest BCUT2D eigenvalue weighted by molar-refractivity contribution is -0.119. The molecular formula is C21H37Cl2NO. The Morgan fingerprint density at radius 2 is 1.64 bits per heavy atom. The lowest BCUT2D eigenvalue weighted by Gasteiger charge is -2.25. The molecule has 2 nitrogen and oxygen atoms in total. The summed E-state index contributed by atoms with van der Waals surface area (Å²) >= 11 is 11.4. The van der Waals surface area contributed by atoms with Crippen molar-refractivity contribution in [2.45, 2.75) is 67.7 Å². The fourth-order valence-corrected chi connectivity index (χ4v) is 2.62. The number of carbonyl (C=O) groups is 1. The summed E-state index contributed by atoms with van der Waals surface area (Å²) in [4.78, 5) is 13.0. The van der Waals surface area contributed by atoms with Crippen molar-refractivity contribution in [1.29, 1.82) is 0 Å². The fraction of sp³-hybridized carbons (Fsp3) is 0.667. The lowest BCUT2D eigenvalue weighted by Crippen LogP contribution is -2.25. The first-order valence-corrected chi connectivity index (χ1v) is 10.4. The first-order chi connectivity index (χ1) is 11.9. The minimum atomic E-state index is 0.146. The van der Waals surface area contributed by atoms with Crippen molar-refractivity contribution < 1.29 is 4.79 Å². The van der Waals surface area contributed by atoms with E-state index in [-0.39, 0.29) is 17.6 Å². The van der Waals surface area contributed by atoms with Crippen LogP contribution in [-0.2, 0) is 4.79 Å². The zero-order chi connectivity index (χ0) is 19.8. The maximum atomic E-state index is 10.6. The van der Waals surface area contributed by atoms with Gasteiger partial charge in [0.1, 0.15) is 5.78 Å². The molecule has 0 fully saturated rings. The normalized spacial score (nSPS) is 10.8. The molecule has 4 heteroatoms. The topological polar surface area (TPSA) is 20.3 Å². The van der Waals surface area contributed by atoms with Gasteiger partial charge in [-0.25, -0.2) is 0 Å². The van der Waals surface area contributed by atoms with Gasteiger partial charge in [-0.3, -0.25) is 4.79 Å². The molecule has 0 bridgehead atoms. The van der Waals surface area contributed by atoms with Crippen molar-refractivity contribution >= 4 is 34.7 Å². The molecule has 0 aliphatic heterocycles. The summed E-state index contributed by atoms with van der Waals surface area (Å²) in [5, 5.41) is 0.865. The number of nitrogens with zero attached hydrogens (tertiary/aromatic N) is 1. The van der Waals surface area contributed by atoms with E-state index in [0.717, 1.165) is 24.5 Å². The number of hydrogen-bond acceptors (Lipinski definition) is 2. The minimum absolute atomic E-state index is 0.146. The molecule has 1 unspecified atom stereocenters. The number of benzene rings is 1. The van der Waals surface area contributed by atoms with Gasteiger partial charge in [0, 0.05) is 29.7 Å². The number of carbonyl (C=O) groups excluding carboxylic acids is 1. The van der Waals surface area contributed by atoms with Crippen LogP contribution in [0.4, 0.5) is 5.69 Å². The highest BCUT2D eigenvalue weighted by molar-refractivity contribution is 6.31. The van der Waals surface area contributed by atoms with Gasteiger partial charge in [0.2, 0.25) is 0 Å². The van der Waals surface area contributed by atoms with Crippen molar-refractivity contribution in [3.63, 3.8) is 0 Å². The summed E-state index contributed by atoms with van der Waals surface area (Å²) in [6, 6.07) is 6.14. The summed E-state index contributed by atoms with van der Waals surface area (Å²) in [7, 11) is 0. The van der Waals surface area contributed by atoms with Crippen molar-refractivity contribution in [3.8, 4) is 0 Å². The molecule has 0 saturated carbocycles. The van der Waals surface area contributed by atoms with Crippen LogP contribution in [-0.4, -0.2) is 24.8 Å². The van der Waals surface area contributed by atoms with Crippen LogP contribution in [0.25, 0.3) is 0 Å². The number of Topliss-reactive ketones (excluding diaryl/α,β-unsaturated/α-hetero) is 1. The number of rotatable bonds is 8. The SMILES string of the molecule is CC.CCC(C)C(=O)CCl.CCCN(CCC)c1cccc(Cl)c1C. The summed E-state index contributed by atoms with van der Waals surface area (Å²) in [6.07, 6.45) is 3.24. The van der Waals surface area contributed by atoms with Crippen LogP contribution in [0.1, 0.15) is 66.4 Å². The van der Waals surface area contributed by atoms with Gasteiger partial charge >= 0.3 is 0 Å². The minimum Gasteiger partial charge on any atom is -0.371 e. The molecule has 146 valence electrons. The molecule has 0 N–H and O–H groups in total. The molecule has 1 aromatic carbocycles. The second kappa shape index (κ2) is 16.7. The highest BCUT2D eigenvalue weighted by atomic mass is 35.5. The monoisotopic (exact) mass is 389 g/mol. The largest absolute Gasteiger partial charge is 0.371 e. The second-order valence-corrected chi connectivity index (χ2v) is 6.45. The second-order valence-electron chi connectivity index (χ2n) is 5.78. The van der Waals surface area contributed by atoms with E-state index in [4.69, 9.17) is 23.2 Å². The van der Waals surface area contributed by atoms with Crippen molar-refractivity contribution in [3.05, 3.63) is 28.8 Å². The van der Waals surface area contributed by atoms with E-state index in [2.05, 4.69) is 31.7 Å². The van der Waals surface area contributed by atoms with Crippen LogP contribution in [0.15, 0.2) is 18.2 Å². The van der Waals surface area contributed by atoms with Crippen LogP contribution < -0.4 is 4.90 Å². The van der Waals surface area contributed by atoms with E-state index in [1.165, 1.54) is 24.1 Å². The third kappa shape index (κ3) is 10.8. The average molecular weight is 390 g/mol. The van der Waals surface area contributed by atoms with Gasteiger partial charge in [0.05, 0.1) is 5.88 Å². The standard InChI is InChI=1S/C13H20ClN.C6H11ClO.C2H6/c1-4-9-15(10-5-2)13-8-6-7-12(14)11(13)3;1-3-5(2)6(8)4-7;1-2/h6-8H,4-5,9-10H2,1-3H3;5H,3-4H2,1-2H3;1-2H3. The molecule has 0 heterocycles. The Kier molecular flexibility index (Phi) is 17.7. The third-order valence-electron chi connectivity index (χ3n) is 3.86. The van der Waals surface area contributed by atoms with E-state index >= 15 is 0 Å². The maximum Gasteiger partial charge on any atom is 0.150 e. The first kappa shape index (κ1) is 26.5. The highest BCUT2D eigenvalue weighted by Gasteiger charge is 2.09. The van der Waals surface area contributed by atoms with Gasteiger partial charge in [0.25, 0.3) is 0 Å². The van der Waals surface area contributed by atoms with Gasteiger partial charge in [-0.1, -0.05) is 59.2 Å². The fourth-order valence-electron chi connectivity index (χ4n) is 2.19. The summed E-state index contributed by atoms with van der Waals surface area (Å²) < 4.78 is 0. The lowest BCUT2D eigenvalue weighted by atomic mass is 10.1. The van der Waals surface area contributed by atoms with E-state index < -0.39 is 0 Å². The van der Waals surface area contributed by atoms with Crippen molar-refractivity contribution in [2.75, 3.05) is 23.9 Å². The predicted molar refractivity (Wildman–Crippen MR) is 116 cm³/mol. The molecule has 1 atom stereocenters.